The van der Waals surface area contributed by atoms with E-state index in [-0.39, 0.29) is 17.4 Å². The summed E-state index contributed by atoms with van der Waals surface area (Å²) in [7, 11) is -0.725. The van der Waals surface area contributed by atoms with Crippen LogP contribution in [0.2, 0.25) is 0 Å². The normalized spacial score (nSPS) is 17.6. The number of ether oxygens (including phenoxy) is 2. The zero-order valence-electron chi connectivity index (χ0n) is 22.0. The quantitative estimate of drug-likeness (QED) is 0.275. The number of imidazole rings is 1. The third-order valence-electron chi connectivity index (χ3n) is 7.05. The molecule has 0 saturated carbocycles. The van der Waals surface area contributed by atoms with Crippen molar-refractivity contribution in [1.29, 1.82) is 0 Å². The lowest BCUT2D eigenvalue weighted by molar-refractivity contribution is 0.410. The molecule has 6 rings (SSSR count). The van der Waals surface area contributed by atoms with Gasteiger partial charge in [-0.3, -0.25) is 4.40 Å². The molecule has 1 fully saturated rings. The van der Waals surface area contributed by atoms with Crippen molar-refractivity contribution in [2.75, 3.05) is 32.6 Å². The molecule has 206 valence electrons. The highest BCUT2D eigenvalue weighted by atomic mass is 32.2. The van der Waals surface area contributed by atoms with Gasteiger partial charge in [-0.05, 0) is 55.8 Å². The van der Waals surface area contributed by atoms with Crippen LogP contribution in [0.5, 0.6) is 11.5 Å². The number of methoxy groups -OCH3 is 2. The van der Waals surface area contributed by atoms with E-state index in [1.54, 1.807) is 43.6 Å². The monoisotopic (exact) mass is 576 g/mol. The van der Waals surface area contributed by atoms with E-state index in [2.05, 4.69) is 15.6 Å². The zero-order valence-corrected chi connectivity index (χ0v) is 23.6. The molecule has 0 unspecified atom stereocenters. The highest BCUT2D eigenvalue weighted by molar-refractivity contribution is 7.93. The maximum atomic E-state index is 14.1. The summed E-state index contributed by atoms with van der Waals surface area (Å²) in [5.74, 6) is 1.41. The van der Waals surface area contributed by atoms with Gasteiger partial charge < -0.3 is 20.1 Å². The van der Waals surface area contributed by atoms with E-state index < -0.39 is 14.7 Å². The van der Waals surface area contributed by atoms with Crippen LogP contribution in [0.4, 0.5) is 5.95 Å². The van der Waals surface area contributed by atoms with E-state index in [1.807, 2.05) is 40.2 Å². The lowest BCUT2D eigenvalue weighted by atomic mass is 10.1. The molecule has 1 aliphatic heterocycles. The van der Waals surface area contributed by atoms with Gasteiger partial charge in [0.15, 0.2) is 9.83 Å². The van der Waals surface area contributed by atoms with Crippen molar-refractivity contribution in [1.82, 2.24) is 24.7 Å². The van der Waals surface area contributed by atoms with E-state index >= 15 is 0 Å². The fourth-order valence-electron chi connectivity index (χ4n) is 5.03. The van der Waals surface area contributed by atoms with Gasteiger partial charge in [-0.2, -0.15) is 0 Å². The Morgan fingerprint density at radius 1 is 1.05 bits per heavy atom. The van der Waals surface area contributed by atoms with Crippen LogP contribution in [-0.4, -0.2) is 60.0 Å². The molecule has 2 aromatic carbocycles. The lowest BCUT2D eigenvalue weighted by Crippen LogP contribution is -2.56. The summed E-state index contributed by atoms with van der Waals surface area (Å²) in [6, 6.07) is 16.1. The second kappa shape index (κ2) is 10.5. The Balaban J connectivity index is 1.43. The fraction of sp³-hybridized carbons (Fsp3) is 0.250. The molecule has 1 aliphatic rings. The molecule has 10 nitrogen and oxygen atoms in total. The summed E-state index contributed by atoms with van der Waals surface area (Å²) < 4.78 is 40.9. The van der Waals surface area contributed by atoms with Gasteiger partial charge >= 0.3 is 0 Å². The van der Waals surface area contributed by atoms with Crippen LogP contribution in [0.1, 0.15) is 12.8 Å². The molecule has 0 bridgehead atoms. The number of aromatic nitrogens is 4. The number of hydrogen-bond donors (Lipinski definition) is 2. The van der Waals surface area contributed by atoms with Crippen molar-refractivity contribution < 1.29 is 17.9 Å². The summed E-state index contributed by atoms with van der Waals surface area (Å²) in [5.41, 5.74) is 3.01. The number of nitrogens with one attached hydrogen (secondary N) is 2. The summed E-state index contributed by atoms with van der Waals surface area (Å²) in [5, 5.41) is 8.45. The average Bonchev–Trinajstić information content (AvgIpc) is 3.59. The second-order valence-electron chi connectivity index (χ2n) is 9.44. The summed E-state index contributed by atoms with van der Waals surface area (Å²) in [4.78, 5) is 13.8. The molecule has 3 aromatic heterocycles. The molecule has 40 heavy (non-hydrogen) atoms. The number of benzene rings is 2. The number of nitrogens with zero attached hydrogens (tertiary/aromatic N) is 4. The van der Waals surface area contributed by atoms with E-state index in [1.165, 1.54) is 18.4 Å². The van der Waals surface area contributed by atoms with Crippen molar-refractivity contribution in [2.24, 2.45) is 0 Å². The van der Waals surface area contributed by atoms with Gasteiger partial charge in [0.25, 0.3) is 0 Å². The predicted octanol–water partition coefficient (Wildman–Crippen LogP) is 4.50. The average molecular weight is 577 g/mol. The van der Waals surface area contributed by atoms with Crippen LogP contribution < -0.4 is 20.1 Å². The highest BCUT2D eigenvalue weighted by Crippen LogP contribution is 2.37. The van der Waals surface area contributed by atoms with Crippen LogP contribution in [0.15, 0.2) is 77.3 Å². The van der Waals surface area contributed by atoms with E-state index in [4.69, 9.17) is 19.4 Å². The van der Waals surface area contributed by atoms with Gasteiger partial charge in [0.1, 0.15) is 17.2 Å². The van der Waals surface area contributed by atoms with Crippen molar-refractivity contribution in [3.63, 3.8) is 0 Å². The molecule has 1 atom stereocenters. The molecule has 4 heterocycles. The largest absolute Gasteiger partial charge is 0.497 e. The van der Waals surface area contributed by atoms with Crippen LogP contribution in [-0.2, 0) is 9.84 Å². The molecule has 5 aromatic rings. The van der Waals surface area contributed by atoms with Crippen molar-refractivity contribution in [3.05, 3.63) is 72.4 Å². The summed E-state index contributed by atoms with van der Waals surface area (Å²) in [6.07, 6.45) is 4.65. The molecule has 0 radical (unpaired) electrons. The number of piperidine rings is 1. The Morgan fingerprint density at radius 3 is 2.62 bits per heavy atom. The smallest absolute Gasteiger partial charge is 0.224 e. The first-order valence-corrected chi connectivity index (χ1v) is 15.1. The first-order chi connectivity index (χ1) is 19.4. The second-order valence-corrected chi connectivity index (χ2v) is 12.6. The molecule has 0 amide bonds. The molecule has 0 spiro atoms. The lowest BCUT2D eigenvalue weighted by Gasteiger charge is -2.37. The van der Waals surface area contributed by atoms with Crippen LogP contribution in [0.3, 0.4) is 0 Å². The van der Waals surface area contributed by atoms with Crippen LogP contribution in [0.25, 0.3) is 27.6 Å². The Hall–Kier alpha value is -4.00. The zero-order chi connectivity index (χ0) is 27.7. The third kappa shape index (κ3) is 4.57. The minimum atomic E-state index is -3.87. The first-order valence-electron chi connectivity index (χ1n) is 12.8. The molecular weight excluding hydrogens is 548 g/mol. The third-order valence-corrected chi connectivity index (χ3v) is 10.2. The molecule has 1 saturated heterocycles. The van der Waals surface area contributed by atoms with Gasteiger partial charge in [-0.1, -0.05) is 18.2 Å². The standard InChI is InChI=1S/C28H28N6O4S2/c1-37-20-7-3-6-19(16-20)24-25(34-14-15-39-27(34)32-24)23-10-13-30-26(31-23)33-28(11-5-12-29-18-28)40(35,36)22-9-4-8-21(17-22)38-2/h3-4,6-10,13-17,29H,5,11-12,18H2,1-2H3,(H,30,31,33)/t28-/m1/s1. The Kier molecular flexibility index (Phi) is 6.90. The van der Waals surface area contributed by atoms with Crippen LogP contribution in [0, 0.1) is 0 Å². The van der Waals surface area contributed by atoms with Crippen molar-refractivity contribution in [2.45, 2.75) is 22.6 Å². The SMILES string of the molecule is COc1cccc(-c2nc3sccn3c2-c2ccnc(N[C@@]3(S(=O)(=O)c4cccc(OC)c4)CCCNC3)n2)c1. The van der Waals surface area contributed by atoms with Gasteiger partial charge in [0.2, 0.25) is 15.8 Å². The van der Waals surface area contributed by atoms with Gasteiger partial charge in [0, 0.05) is 29.9 Å². The van der Waals surface area contributed by atoms with Crippen molar-refractivity contribution in [3.8, 4) is 34.1 Å². The van der Waals surface area contributed by atoms with Gasteiger partial charge in [0.05, 0.1) is 30.5 Å². The maximum Gasteiger partial charge on any atom is 0.224 e. The number of sulfone groups is 1. The maximum absolute atomic E-state index is 14.1. The number of fused-ring (bicyclic) bond motifs is 1. The van der Waals surface area contributed by atoms with E-state index in [9.17, 15) is 8.42 Å². The number of hydrogen-bond acceptors (Lipinski definition) is 10. The number of anilines is 1. The summed E-state index contributed by atoms with van der Waals surface area (Å²) in [6.45, 7) is 0.935. The van der Waals surface area contributed by atoms with Gasteiger partial charge in [-0.25, -0.2) is 23.4 Å². The van der Waals surface area contributed by atoms with Crippen LogP contribution >= 0.6 is 11.3 Å². The number of rotatable bonds is 8. The number of thiazole rings is 1. The predicted molar refractivity (Wildman–Crippen MR) is 155 cm³/mol. The van der Waals surface area contributed by atoms with Crippen molar-refractivity contribution >= 4 is 32.1 Å². The van der Waals surface area contributed by atoms with E-state index in [0.29, 0.717) is 24.3 Å². The Labute approximate surface area is 236 Å². The molecule has 0 aliphatic carbocycles. The fourth-order valence-corrected chi connectivity index (χ4v) is 7.66. The highest BCUT2D eigenvalue weighted by Gasteiger charge is 2.46. The topological polar surface area (TPSA) is 120 Å². The Bertz CT molecular complexity index is 1780. The van der Waals surface area contributed by atoms with E-state index in [0.717, 1.165) is 34.2 Å². The first kappa shape index (κ1) is 26.2. The minimum absolute atomic E-state index is 0.176. The Morgan fingerprint density at radius 2 is 1.85 bits per heavy atom. The van der Waals surface area contributed by atoms with Gasteiger partial charge in [-0.15, -0.1) is 11.3 Å². The molecular formula is C28H28N6O4S2. The molecule has 2 N–H and O–H groups in total. The molecule has 12 heteroatoms. The minimum Gasteiger partial charge on any atom is -0.497 e. The summed E-state index contributed by atoms with van der Waals surface area (Å²) >= 11 is 1.52.